The molecule has 9 heteroatoms. The summed E-state index contributed by atoms with van der Waals surface area (Å²) in [4.78, 5) is 19.3. The van der Waals surface area contributed by atoms with Gasteiger partial charge in [0.05, 0.1) is 27.0 Å². The minimum atomic E-state index is -3.59. The molecule has 1 aromatic heterocycles. The molecule has 136 valence electrons. The van der Waals surface area contributed by atoms with Crippen LogP contribution in [0.3, 0.4) is 0 Å². The molecule has 25 heavy (non-hydrogen) atoms. The smallest absolute Gasteiger partial charge is 0.267 e. The summed E-state index contributed by atoms with van der Waals surface area (Å²) in [5.74, 6) is -0.300. The molecule has 2 rings (SSSR count). The number of amides is 1. The summed E-state index contributed by atoms with van der Waals surface area (Å²) >= 11 is 1.31. The minimum absolute atomic E-state index is 0.121. The number of nitrogens with one attached hydrogen (secondary N) is 1. The number of hydrogen-bond donors (Lipinski definition) is 1. The summed E-state index contributed by atoms with van der Waals surface area (Å²) in [6, 6.07) is 4.69. The zero-order chi connectivity index (χ0) is 18.9. The molecule has 0 atom stereocenters. The third-order valence-corrected chi connectivity index (χ3v) is 6.47. The topological polar surface area (TPSA) is 82.6 Å². The Bertz CT molecular complexity index is 902. The minimum Gasteiger partial charge on any atom is -0.376 e. The van der Waals surface area contributed by atoms with E-state index < -0.39 is 10.0 Å². The van der Waals surface area contributed by atoms with Crippen LogP contribution < -0.4 is 10.2 Å². The van der Waals surface area contributed by atoms with E-state index in [1.807, 2.05) is 25.9 Å². The van der Waals surface area contributed by atoms with Gasteiger partial charge in [0.25, 0.3) is 5.91 Å². The lowest BCUT2D eigenvalue weighted by atomic mass is 10.2. The maximum Gasteiger partial charge on any atom is 0.267 e. The Kier molecular flexibility index (Phi) is 5.50. The van der Waals surface area contributed by atoms with Crippen molar-refractivity contribution >= 4 is 38.6 Å². The molecule has 0 aliphatic heterocycles. The van der Waals surface area contributed by atoms with E-state index in [1.54, 1.807) is 13.0 Å². The van der Waals surface area contributed by atoms with E-state index in [0.29, 0.717) is 21.9 Å². The normalized spacial score (nSPS) is 11.6. The van der Waals surface area contributed by atoms with Gasteiger partial charge in [0.15, 0.2) is 0 Å². The summed E-state index contributed by atoms with van der Waals surface area (Å²) in [5.41, 5.74) is 1.80. The van der Waals surface area contributed by atoms with Crippen LogP contribution in [0.15, 0.2) is 23.1 Å². The van der Waals surface area contributed by atoms with Crippen molar-refractivity contribution in [2.45, 2.75) is 18.7 Å². The van der Waals surface area contributed by atoms with Gasteiger partial charge in [-0.15, -0.1) is 11.3 Å². The predicted molar refractivity (Wildman–Crippen MR) is 101 cm³/mol. The Morgan fingerprint density at radius 1 is 1.16 bits per heavy atom. The Morgan fingerprint density at radius 2 is 1.80 bits per heavy atom. The van der Waals surface area contributed by atoms with Gasteiger partial charge in [-0.2, -0.15) is 0 Å². The number of sulfonamides is 1. The molecule has 2 aromatic rings. The molecule has 1 N–H and O–H groups in total. The van der Waals surface area contributed by atoms with Gasteiger partial charge in [-0.25, -0.2) is 17.7 Å². The number of rotatable bonds is 5. The number of aryl methyl sites for hydroxylation is 2. The highest BCUT2D eigenvalue weighted by molar-refractivity contribution is 7.89. The van der Waals surface area contributed by atoms with E-state index in [0.717, 1.165) is 9.31 Å². The van der Waals surface area contributed by atoms with Crippen molar-refractivity contribution in [2.24, 2.45) is 0 Å². The predicted octanol–water partition coefficient (Wildman–Crippen LogP) is 2.33. The second-order valence-electron chi connectivity index (χ2n) is 5.96. The molecule has 0 fully saturated rings. The van der Waals surface area contributed by atoms with Crippen molar-refractivity contribution in [3.05, 3.63) is 33.8 Å². The average molecular weight is 383 g/mol. The van der Waals surface area contributed by atoms with Gasteiger partial charge in [0.1, 0.15) is 4.88 Å². The number of aromatic nitrogens is 1. The van der Waals surface area contributed by atoms with Crippen molar-refractivity contribution in [2.75, 3.05) is 38.4 Å². The standard InChI is InChI=1S/C16H22N4O3S2/c1-10-15(24-11(2)17-10)16(21)18-13-9-12(25(22,23)20(5)6)7-8-14(13)19(3)4/h7-9H,1-6H3,(H,18,21). The van der Waals surface area contributed by atoms with Crippen molar-refractivity contribution in [1.82, 2.24) is 9.29 Å². The van der Waals surface area contributed by atoms with E-state index in [4.69, 9.17) is 0 Å². The van der Waals surface area contributed by atoms with Crippen molar-refractivity contribution in [3.8, 4) is 0 Å². The number of hydrogen-bond acceptors (Lipinski definition) is 6. The van der Waals surface area contributed by atoms with E-state index in [9.17, 15) is 13.2 Å². The first-order chi connectivity index (χ1) is 11.5. The number of thiazole rings is 1. The van der Waals surface area contributed by atoms with Crippen LogP contribution in [0.25, 0.3) is 0 Å². The summed E-state index contributed by atoms with van der Waals surface area (Å²) < 4.78 is 25.9. The van der Waals surface area contributed by atoms with Crippen LogP contribution >= 0.6 is 11.3 Å². The highest BCUT2D eigenvalue weighted by Gasteiger charge is 2.21. The number of nitrogens with zero attached hydrogens (tertiary/aromatic N) is 3. The Morgan fingerprint density at radius 3 is 2.28 bits per heavy atom. The monoisotopic (exact) mass is 382 g/mol. The van der Waals surface area contributed by atoms with E-state index in [1.165, 1.54) is 37.6 Å². The zero-order valence-electron chi connectivity index (χ0n) is 15.1. The molecule has 0 saturated heterocycles. The van der Waals surface area contributed by atoms with Crippen LogP contribution in [0.5, 0.6) is 0 Å². The Balaban J connectivity index is 2.47. The number of benzene rings is 1. The lowest BCUT2D eigenvalue weighted by Crippen LogP contribution is -2.23. The largest absolute Gasteiger partial charge is 0.376 e. The molecule has 7 nitrogen and oxygen atoms in total. The van der Waals surface area contributed by atoms with Crippen molar-refractivity contribution in [3.63, 3.8) is 0 Å². The second-order valence-corrected chi connectivity index (χ2v) is 9.32. The molecule has 1 aromatic carbocycles. The first-order valence-corrected chi connectivity index (χ1v) is 9.79. The average Bonchev–Trinajstić information content (AvgIpc) is 2.85. The van der Waals surface area contributed by atoms with Gasteiger partial charge in [-0.05, 0) is 32.0 Å². The SMILES string of the molecule is Cc1nc(C)c(C(=O)Nc2cc(S(=O)(=O)N(C)C)ccc2N(C)C)s1. The summed E-state index contributed by atoms with van der Waals surface area (Å²) in [6.07, 6.45) is 0. The van der Waals surface area contributed by atoms with Crippen LogP contribution in [-0.2, 0) is 10.0 Å². The van der Waals surface area contributed by atoms with Crippen LogP contribution in [0.4, 0.5) is 11.4 Å². The van der Waals surface area contributed by atoms with Gasteiger partial charge < -0.3 is 10.2 Å². The highest BCUT2D eigenvalue weighted by atomic mass is 32.2. The van der Waals surface area contributed by atoms with Gasteiger partial charge in [0.2, 0.25) is 10.0 Å². The molecule has 0 spiro atoms. The third kappa shape index (κ3) is 4.00. The Hall–Kier alpha value is -1.97. The maximum atomic E-state index is 12.6. The van der Waals surface area contributed by atoms with Crippen LogP contribution in [-0.4, -0.2) is 51.8 Å². The molecule has 0 aliphatic rings. The van der Waals surface area contributed by atoms with Crippen LogP contribution in [0, 0.1) is 13.8 Å². The fourth-order valence-corrected chi connectivity index (χ4v) is 4.04. The maximum absolute atomic E-state index is 12.6. The molecular formula is C16H22N4O3S2. The van der Waals surface area contributed by atoms with E-state index in [2.05, 4.69) is 10.3 Å². The summed E-state index contributed by atoms with van der Waals surface area (Å²) in [5, 5.41) is 3.63. The van der Waals surface area contributed by atoms with Gasteiger partial charge in [-0.1, -0.05) is 0 Å². The molecular weight excluding hydrogens is 360 g/mol. The Labute approximate surface area is 152 Å². The van der Waals surface area contributed by atoms with Gasteiger partial charge in [0, 0.05) is 28.2 Å². The second kappa shape index (κ2) is 7.11. The first kappa shape index (κ1) is 19.4. The number of carbonyl (C=O) groups is 1. The van der Waals surface area contributed by atoms with E-state index in [-0.39, 0.29) is 10.8 Å². The third-order valence-electron chi connectivity index (χ3n) is 3.59. The lowest BCUT2D eigenvalue weighted by Gasteiger charge is -2.20. The number of anilines is 2. The molecule has 0 saturated carbocycles. The number of carbonyl (C=O) groups excluding carboxylic acids is 1. The van der Waals surface area contributed by atoms with Crippen LogP contribution in [0.1, 0.15) is 20.4 Å². The van der Waals surface area contributed by atoms with Crippen LogP contribution in [0.2, 0.25) is 0 Å². The van der Waals surface area contributed by atoms with Gasteiger partial charge in [-0.3, -0.25) is 4.79 Å². The fraction of sp³-hybridized carbons (Fsp3) is 0.375. The van der Waals surface area contributed by atoms with Crippen molar-refractivity contribution in [1.29, 1.82) is 0 Å². The molecule has 1 amide bonds. The van der Waals surface area contributed by atoms with Crippen molar-refractivity contribution < 1.29 is 13.2 Å². The molecule has 0 radical (unpaired) electrons. The zero-order valence-corrected chi connectivity index (χ0v) is 16.7. The molecule has 0 bridgehead atoms. The highest BCUT2D eigenvalue weighted by Crippen LogP contribution is 2.30. The quantitative estimate of drug-likeness (QED) is 0.858. The van der Waals surface area contributed by atoms with Gasteiger partial charge >= 0.3 is 0 Å². The summed E-state index contributed by atoms with van der Waals surface area (Å²) in [7, 11) is 3.00. The lowest BCUT2D eigenvalue weighted by molar-refractivity contribution is 0.103. The first-order valence-electron chi connectivity index (χ1n) is 7.53. The van der Waals surface area contributed by atoms with E-state index >= 15 is 0 Å². The fourth-order valence-electron chi connectivity index (χ4n) is 2.30. The summed E-state index contributed by atoms with van der Waals surface area (Å²) in [6.45, 7) is 3.61. The molecule has 1 heterocycles. The molecule has 0 unspecified atom stereocenters. The molecule has 0 aliphatic carbocycles.